The van der Waals surface area contributed by atoms with Gasteiger partial charge in [-0.2, -0.15) is 5.10 Å². The van der Waals surface area contributed by atoms with Gasteiger partial charge in [-0.3, -0.25) is 9.48 Å². The van der Waals surface area contributed by atoms with Crippen molar-refractivity contribution in [2.45, 2.75) is 32.7 Å². The summed E-state index contributed by atoms with van der Waals surface area (Å²) in [5.74, 6) is -0.00885. The van der Waals surface area contributed by atoms with Crippen LogP contribution in [-0.2, 0) is 7.05 Å². The molecule has 2 aromatic rings. The Kier molecular flexibility index (Phi) is 2.89. The maximum absolute atomic E-state index is 12.0. The Hall–Kier alpha value is -1.69. The fourth-order valence-electron chi connectivity index (χ4n) is 2.06. The van der Waals surface area contributed by atoms with Crippen LogP contribution in [0, 0.1) is 13.8 Å². The molecule has 0 bridgehead atoms. The molecule has 3 rings (SSSR count). The number of aryl methyl sites for hydroxylation is 2. The standard InChI is InChI=1S/C13H16N4OS/c1-7-11(8(2)17(3)16-7)13-14-6-10(19-13)12(18)15-9-4-5-9/h6,9H,4-5H2,1-3H3,(H,15,18). The molecule has 0 unspecified atom stereocenters. The van der Waals surface area contributed by atoms with E-state index < -0.39 is 0 Å². The minimum atomic E-state index is -0.00885. The zero-order valence-electron chi connectivity index (χ0n) is 11.2. The van der Waals surface area contributed by atoms with Crippen molar-refractivity contribution in [1.29, 1.82) is 0 Å². The van der Waals surface area contributed by atoms with Crippen LogP contribution in [0.3, 0.4) is 0 Å². The molecule has 0 saturated heterocycles. The minimum absolute atomic E-state index is 0.00885. The normalized spacial score (nSPS) is 14.7. The molecule has 1 saturated carbocycles. The Morgan fingerprint density at radius 3 is 2.79 bits per heavy atom. The summed E-state index contributed by atoms with van der Waals surface area (Å²) in [6.07, 6.45) is 3.85. The van der Waals surface area contributed by atoms with Gasteiger partial charge in [0, 0.05) is 18.8 Å². The van der Waals surface area contributed by atoms with Crippen molar-refractivity contribution in [2.75, 3.05) is 0 Å². The van der Waals surface area contributed by atoms with Crippen LogP contribution in [0.5, 0.6) is 0 Å². The lowest BCUT2D eigenvalue weighted by molar-refractivity contribution is 0.0955. The number of rotatable bonds is 3. The molecule has 1 aliphatic rings. The zero-order valence-corrected chi connectivity index (χ0v) is 12.0. The second-order valence-electron chi connectivity index (χ2n) is 4.95. The third-order valence-corrected chi connectivity index (χ3v) is 4.38. The Labute approximate surface area is 115 Å². The first kappa shape index (κ1) is 12.3. The molecule has 1 N–H and O–H groups in total. The maximum atomic E-state index is 12.0. The number of hydrogen-bond acceptors (Lipinski definition) is 4. The topological polar surface area (TPSA) is 59.8 Å². The van der Waals surface area contributed by atoms with E-state index in [0.717, 1.165) is 34.8 Å². The van der Waals surface area contributed by atoms with E-state index in [1.165, 1.54) is 11.3 Å². The van der Waals surface area contributed by atoms with Crippen LogP contribution in [0.2, 0.25) is 0 Å². The molecule has 1 fully saturated rings. The molecule has 0 spiro atoms. The lowest BCUT2D eigenvalue weighted by atomic mass is 10.2. The molecule has 0 aliphatic heterocycles. The summed E-state index contributed by atoms with van der Waals surface area (Å²) in [6, 6.07) is 0.375. The molecular weight excluding hydrogens is 260 g/mol. The van der Waals surface area contributed by atoms with Gasteiger partial charge in [0.25, 0.3) is 5.91 Å². The SMILES string of the molecule is Cc1nn(C)c(C)c1-c1ncc(C(=O)NC2CC2)s1. The summed E-state index contributed by atoms with van der Waals surface area (Å²) >= 11 is 1.43. The summed E-state index contributed by atoms with van der Waals surface area (Å²) in [6.45, 7) is 3.98. The van der Waals surface area contributed by atoms with Gasteiger partial charge in [-0.05, 0) is 26.7 Å². The minimum Gasteiger partial charge on any atom is -0.349 e. The Morgan fingerprint density at radius 2 is 2.21 bits per heavy atom. The predicted octanol–water partition coefficient (Wildman–Crippen LogP) is 2.05. The molecule has 6 heteroatoms. The average molecular weight is 276 g/mol. The van der Waals surface area contributed by atoms with Crippen molar-refractivity contribution in [3.63, 3.8) is 0 Å². The van der Waals surface area contributed by atoms with Crippen LogP contribution in [0.25, 0.3) is 10.6 Å². The van der Waals surface area contributed by atoms with Gasteiger partial charge in [0.15, 0.2) is 0 Å². The predicted molar refractivity (Wildman–Crippen MR) is 74.3 cm³/mol. The molecule has 5 nitrogen and oxygen atoms in total. The average Bonchev–Trinajstić information content (AvgIpc) is 2.96. The Morgan fingerprint density at radius 1 is 1.47 bits per heavy atom. The van der Waals surface area contributed by atoms with E-state index in [9.17, 15) is 4.79 Å². The van der Waals surface area contributed by atoms with Gasteiger partial charge >= 0.3 is 0 Å². The number of aromatic nitrogens is 3. The highest BCUT2D eigenvalue weighted by molar-refractivity contribution is 7.16. The second kappa shape index (κ2) is 4.45. The van der Waals surface area contributed by atoms with Crippen molar-refractivity contribution in [1.82, 2.24) is 20.1 Å². The number of hydrogen-bond donors (Lipinski definition) is 1. The first-order valence-electron chi connectivity index (χ1n) is 6.33. The Bertz CT molecular complexity index is 639. The number of thiazole rings is 1. The molecule has 1 aliphatic carbocycles. The molecular formula is C13H16N4OS. The largest absolute Gasteiger partial charge is 0.349 e. The van der Waals surface area contributed by atoms with E-state index in [-0.39, 0.29) is 5.91 Å². The van der Waals surface area contributed by atoms with Gasteiger partial charge in [0.2, 0.25) is 0 Å². The number of nitrogens with zero attached hydrogens (tertiary/aromatic N) is 3. The molecule has 2 aromatic heterocycles. The van der Waals surface area contributed by atoms with Gasteiger partial charge in [0.05, 0.1) is 17.5 Å². The van der Waals surface area contributed by atoms with Crippen LogP contribution in [0.4, 0.5) is 0 Å². The molecule has 2 heterocycles. The van der Waals surface area contributed by atoms with Crippen molar-refractivity contribution in [3.8, 4) is 10.6 Å². The van der Waals surface area contributed by atoms with Crippen molar-refractivity contribution < 1.29 is 4.79 Å². The molecule has 0 radical (unpaired) electrons. The number of amides is 1. The van der Waals surface area contributed by atoms with E-state index in [4.69, 9.17) is 0 Å². The third kappa shape index (κ3) is 2.28. The van der Waals surface area contributed by atoms with E-state index in [2.05, 4.69) is 15.4 Å². The highest BCUT2D eigenvalue weighted by atomic mass is 32.1. The van der Waals surface area contributed by atoms with Crippen molar-refractivity contribution in [2.24, 2.45) is 7.05 Å². The third-order valence-electron chi connectivity index (χ3n) is 3.36. The van der Waals surface area contributed by atoms with Gasteiger partial charge in [-0.1, -0.05) is 0 Å². The van der Waals surface area contributed by atoms with E-state index in [0.29, 0.717) is 10.9 Å². The monoisotopic (exact) mass is 276 g/mol. The number of carbonyl (C=O) groups is 1. The lowest BCUT2D eigenvalue weighted by Gasteiger charge is -1.98. The summed E-state index contributed by atoms with van der Waals surface area (Å²) in [4.78, 5) is 17.0. The highest BCUT2D eigenvalue weighted by Crippen LogP contribution is 2.30. The molecule has 0 atom stereocenters. The number of nitrogens with one attached hydrogen (secondary N) is 1. The van der Waals surface area contributed by atoms with Gasteiger partial charge in [-0.25, -0.2) is 4.98 Å². The van der Waals surface area contributed by atoms with Crippen LogP contribution in [-0.4, -0.2) is 26.7 Å². The highest BCUT2D eigenvalue weighted by Gasteiger charge is 2.25. The van der Waals surface area contributed by atoms with Gasteiger partial charge in [-0.15, -0.1) is 11.3 Å². The second-order valence-corrected chi connectivity index (χ2v) is 5.98. The van der Waals surface area contributed by atoms with Crippen LogP contribution in [0.1, 0.15) is 33.9 Å². The summed E-state index contributed by atoms with van der Waals surface area (Å²) in [7, 11) is 1.92. The smallest absolute Gasteiger partial charge is 0.263 e. The molecule has 1 amide bonds. The quantitative estimate of drug-likeness (QED) is 0.933. The lowest BCUT2D eigenvalue weighted by Crippen LogP contribution is -2.24. The van der Waals surface area contributed by atoms with Crippen LogP contribution in [0.15, 0.2) is 6.20 Å². The van der Waals surface area contributed by atoms with Crippen molar-refractivity contribution in [3.05, 3.63) is 22.5 Å². The summed E-state index contributed by atoms with van der Waals surface area (Å²) in [5.41, 5.74) is 3.06. The molecule has 0 aromatic carbocycles. The van der Waals surface area contributed by atoms with Crippen LogP contribution >= 0.6 is 11.3 Å². The Balaban J connectivity index is 1.89. The van der Waals surface area contributed by atoms with E-state index in [1.807, 2.05) is 25.6 Å². The summed E-state index contributed by atoms with van der Waals surface area (Å²) in [5, 5.41) is 8.23. The first-order valence-corrected chi connectivity index (χ1v) is 7.15. The van der Waals surface area contributed by atoms with E-state index >= 15 is 0 Å². The molecule has 100 valence electrons. The first-order chi connectivity index (χ1) is 9.06. The number of carbonyl (C=O) groups excluding carboxylic acids is 1. The maximum Gasteiger partial charge on any atom is 0.263 e. The summed E-state index contributed by atoms with van der Waals surface area (Å²) < 4.78 is 1.84. The zero-order chi connectivity index (χ0) is 13.6. The molecule has 19 heavy (non-hydrogen) atoms. The van der Waals surface area contributed by atoms with Gasteiger partial charge in [0.1, 0.15) is 9.88 Å². The van der Waals surface area contributed by atoms with Crippen molar-refractivity contribution >= 4 is 17.2 Å². The van der Waals surface area contributed by atoms with Crippen LogP contribution < -0.4 is 5.32 Å². The van der Waals surface area contributed by atoms with E-state index in [1.54, 1.807) is 6.20 Å². The fraction of sp³-hybridized carbons (Fsp3) is 0.462. The van der Waals surface area contributed by atoms with Gasteiger partial charge < -0.3 is 5.32 Å². The fourth-order valence-corrected chi connectivity index (χ4v) is 3.03.